The van der Waals surface area contributed by atoms with Gasteiger partial charge in [-0.2, -0.15) is 8.78 Å². The van der Waals surface area contributed by atoms with E-state index in [0.29, 0.717) is 33.0 Å². The van der Waals surface area contributed by atoms with Gasteiger partial charge < -0.3 is 19.1 Å². The van der Waals surface area contributed by atoms with Crippen LogP contribution in [-0.4, -0.2) is 34.3 Å². The van der Waals surface area contributed by atoms with Crippen LogP contribution in [0.25, 0.3) is 11.0 Å². The molecule has 1 aromatic heterocycles. The summed E-state index contributed by atoms with van der Waals surface area (Å²) in [7, 11) is 1.25. The van der Waals surface area contributed by atoms with Gasteiger partial charge in [0, 0.05) is 17.0 Å². The van der Waals surface area contributed by atoms with Gasteiger partial charge in [0.05, 0.1) is 30.6 Å². The highest BCUT2D eigenvalue weighted by atomic mass is 35.5. The fraction of sp³-hybridized carbons (Fsp3) is 0.300. The van der Waals surface area contributed by atoms with E-state index >= 15 is 0 Å². The first-order valence-corrected chi connectivity index (χ1v) is 9.25. The number of alkyl halides is 2. The highest BCUT2D eigenvalue weighted by Crippen LogP contribution is 2.45. The summed E-state index contributed by atoms with van der Waals surface area (Å²) in [6.45, 7) is -3.04. The number of fused-ring (bicyclic) bond motifs is 3. The number of aliphatic hydroxyl groups excluding tert-OH is 1. The topological polar surface area (TPSA) is 73.6 Å². The number of rotatable bonds is 5. The van der Waals surface area contributed by atoms with E-state index in [1.165, 1.54) is 19.2 Å². The van der Waals surface area contributed by atoms with Crippen molar-refractivity contribution >= 4 is 28.6 Å². The van der Waals surface area contributed by atoms with Gasteiger partial charge in [-0.3, -0.25) is 4.79 Å². The molecule has 3 aromatic rings. The Labute approximate surface area is 169 Å². The van der Waals surface area contributed by atoms with E-state index in [1.807, 2.05) is 0 Å². The van der Waals surface area contributed by atoms with Gasteiger partial charge in [-0.15, -0.1) is 0 Å². The van der Waals surface area contributed by atoms with E-state index in [1.54, 1.807) is 28.8 Å². The third-order valence-electron chi connectivity index (χ3n) is 5.00. The Kier molecular flexibility index (Phi) is 5.14. The van der Waals surface area contributed by atoms with Crippen LogP contribution in [0.2, 0.25) is 5.02 Å². The van der Waals surface area contributed by atoms with E-state index < -0.39 is 24.7 Å². The van der Waals surface area contributed by atoms with Crippen molar-refractivity contribution in [1.82, 2.24) is 9.55 Å². The molecule has 1 aliphatic rings. The molecule has 4 rings (SSSR count). The van der Waals surface area contributed by atoms with Crippen molar-refractivity contribution in [1.29, 1.82) is 0 Å². The van der Waals surface area contributed by atoms with E-state index in [2.05, 4.69) is 4.98 Å². The second kappa shape index (κ2) is 7.61. The molecule has 0 saturated carbocycles. The molecule has 0 spiro atoms. The molecule has 0 bridgehead atoms. The van der Waals surface area contributed by atoms with Crippen molar-refractivity contribution in [2.24, 2.45) is 0 Å². The Bertz CT molecular complexity index is 1090. The van der Waals surface area contributed by atoms with Crippen LogP contribution in [0.15, 0.2) is 36.4 Å². The monoisotopic (exact) mass is 422 g/mol. The van der Waals surface area contributed by atoms with Crippen molar-refractivity contribution in [2.45, 2.75) is 31.6 Å². The van der Waals surface area contributed by atoms with Crippen LogP contribution in [0, 0.1) is 0 Å². The highest BCUT2D eigenvalue weighted by molar-refractivity contribution is 6.31. The predicted octanol–water partition coefficient (Wildman–Crippen LogP) is 4.03. The smallest absolute Gasteiger partial charge is 0.387 e. The summed E-state index contributed by atoms with van der Waals surface area (Å²) < 4.78 is 37.4. The number of carbonyl (C=O) groups is 1. The van der Waals surface area contributed by atoms with Crippen LogP contribution < -0.4 is 4.74 Å². The number of benzene rings is 2. The molecule has 6 nitrogen and oxygen atoms in total. The van der Waals surface area contributed by atoms with Gasteiger partial charge in [0.1, 0.15) is 17.7 Å². The molecule has 1 N–H and O–H groups in total. The van der Waals surface area contributed by atoms with Crippen molar-refractivity contribution < 1.29 is 28.2 Å². The molecule has 2 atom stereocenters. The third-order valence-corrected chi connectivity index (χ3v) is 5.24. The van der Waals surface area contributed by atoms with Crippen LogP contribution in [0.1, 0.15) is 35.5 Å². The summed E-state index contributed by atoms with van der Waals surface area (Å²) in [5.41, 5.74) is 2.14. The maximum atomic E-state index is 13.1. The number of aromatic nitrogens is 2. The lowest BCUT2D eigenvalue weighted by Gasteiger charge is -2.22. The molecule has 2 heterocycles. The molecular formula is C20H17ClF2N2O4. The fourth-order valence-corrected chi connectivity index (χ4v) is 4.03. The van der Waals surface area contributed by atoms with Gasteiger partial charge in [-0.1, -0.05) is 23.7 Å². The van der Waals surface area contributed by atoms with E-state index in [0.717, 1.165) is 0 Å². The standard InChI is InChI=1S/C20H17ClF2N2O4/c1-28-17(27)7-10-3-2-4-16(29-20(22)23)18(10)14-9-15(26)19-24-12-6-5-11(21)8-13(12)25(14)19/h2-6,8,14-15,20,26H,7,9H2,1H3/t14?,15-/m0/s1. The molecule has 0 amide bonds. The van der Waals surface area contributed by atoms with Crippen molar-refractivity contribution in [3.05, 3.63) is 58.4 Å². The number of aliphatic hydroxyl groups is 1. The predicted molar refractivity (Wildman–Crippen MR) is 101 cm³/mol. The maximum Gasteiger partial charge on any atom is 0.387 e. The summed E-state index contributed by atoms with van der Waals surface area (Å²) in [5, 5.41) is 11.1. The van der Waals surface area contributed by atoms with Gasteiger partial charge in [0.25, 0.3) is 0 Å². The number of imidazole rings is 1. The summed E-state index contributed by atoms with van der Waals surface area (Å²) in [5.74, 6) is -0.170. The number of hydrogen-bond donors (Lipinski definition) is 1. The molecule has 2 aromatic carbocycles. The van der Waals surface area contributed by atoms with E-state index in [4.69, 9.17) is 21.1 Å². The normalized spacial score (nSPS) is 18.3. The summed E-state index contributed by atoms with van der Waals surface area (Å²) in [6, 6.07) is 9.15. The summed E-state index contributed by atoms with van der Waals surface area (Å²) >= 11 is 6.14. The zero-order chi connectivity index (χ0) is 20.7. The molecule has 29 heavy (non-hydrogen) atoms. The quantitative estimate of drug-likeness (QED) is 0.628. The van der Waals surface area contributed by atoms with Gasteiger partial charge >= 0.3 is 12.6 Å². The Morgan fingerprint density at radius 1 is 1.38 bits per heavy atom. The van der Waals surface area contributed by atoms with Gasteiger partial charge in [0.15, 0.2) is 0 Å². The summed E-state index contributed by atoms with van der Waals surface area (Å²) in [4.78, 5) is 16.4. The lowest BCUT2D eigenvalue weighted by Crippen LogP contribution is -2.15. The van der Waals surface area contributed by atoms with E-state index in [9.17, 15) is 18.7 Å². The number of nitrogens with zero attached hydrogens (tertiary/aromatic N) is 2. The van der Waals surface area contributed by atoms with Crippen LogP contribution in [-0.2, 0) is 16.0 Å². The first-order chi connectivity index (χ1) is 13.9. The molecule has 0 fully saturated rings. The lowest BCUT2D eigenvalue weighted by atomic mass is 9.94. The Balaban J connectivity index is 1.92. The number of esters is 1. The van der Waals surface area contributed by atoms with Crippen LogP contribution >= 0.6 is 11.6 Å². The SMILES string of the molecule is COC(=O)Cc1cccc(OC(F)F)c1C1C[C@H](O)c2nc3ccc(Cl)cc3n21. The van der Waals surface area contributed by atoms with Crippen LogP contribution in [0.5, 0.6) is 5.75 Å². The Hall–Kier alpha value is -2.71. The Morgan fingerprint density at radius 2 is 2.17 bits per heavy atom. The highest BCUT2D eigenvalue weighted by Gasteiger charge is 2.37. The number of halogens is 3. The minimum Gasteiger partial charge on any atom is -0.469 e. The fourth-order valence-electron chi connectivity index (χ4n) is 3.86. The molecule has 0 radical (unpaired) electrons. The van der Waals surface area contributed by atoms with Crippen LogP contribution in [0.3, 0.4) is 0 Å². The second-order valence-electron chi connectivity index (χ2n) is 6.70. The van der Waals surface area contributed by atoms with Gasteiger partial charge in [-0.25, -0.2) is 4.98 Å². The second-order valence-corrected chi connectivity index (χ2v) is 7.14. The zero-order valence-corrected chi connectivity index (χ0v) is 16.1. The first-order valence-electron chi connectivity index (χ1n) is 8.88. The average molecular weight is 423 g/mol. The first kappa shape index (κ1) is 19.6. The number of methoxy groups -OCH3 is 1. The average Bonchev–Trinajstić information content (AvgIpc) is 3.19. The minimum atomic E-state index is -3.04. The minimum absolute atomic E-state index is 0.0599. The molecule has 0 aliphatic carbocycles. The molecule has 1 unspecified atom stereocenters. The lowest BCUT2D eigenvalue weighted by molar-refractivity contribution is -0.139. The number of hydrogen-bond acceptors (Lipinski definition) is 5. The van der Waals surface area contributed by atoms with Crippen molar-refractivity contribution in [3.8, 4) is 5.75 Å². The maximum absolute atomic E-state index is 13.1. The number of carbonyl (C=O) groups excluding carboxylic acids is 1. The molecule has 1 aliphatic heterocycles. The summed E-state index contributed by atoms with van der Waals surface area (Å²) in [6.07, 6.45) is -0.832. The van der Waals surface area contributed by atoms with Gasteiger partial charge in [0.2, 0.25) is 0 Å². The largest absolute Gasteiger partial charge is 0.469 e. The van der Waals surface area contributed by atoms with E-state index in [-0.39, 0.29) is 18.6 Å². The zero-order valence-electron chi connectivity index (χ0n) is 15.3. The van der Waals surface area contributed by atoms with Crippen molar-refractivity contribution in [3.63, 3.8) is 0 Å². The molecule has 0 saturated heterocycles. The Morgan fingerprint density at radius 3 is 2.90 bits per heavy atom. The molecule has 9 heteroatoms. The molecule has 152 valence electrons. The number of ether oxygens (including phenoxy) is 2. The van der Waals surface area contributed by atoms with Gasteiger partial charge in [-0.05, 0) is 29.8 Å². The van der Waals surface area contributed by atoms with Crippen LogP contribution in [0.4, 0.5) is 8.78 Å². The molecular weight excluding hydrogens is 406 g/mol. The van der Waals surface area contributed by atoms with Crippen molar-refractivity contribution in [2.75, 3.05) is 7.11 Å². The third kappa shape index (κ3) is 3.54.